The molecule has 1 fully saturated rings. The van der Waals surface area contributed by atoms with Gasteiger partial charge in [0.2, 0.25) is 16.6 Å². The smallest absolute Gasteiger partial charge is 0.233 e. The molecule has 10 heteroatoms. The average Bonchev–Trinajstić information content (AvgIpc) is 3.03. The molecule has 165 valence electrons. The van der Waals surface area contributed by atoms with E-state index in [1.54, 1.807) is 9.58 Å². The number of aromatic nitrogens is 3. The summed E-state index contributed by atoms with van der Waals surface area (Å²) in [7, 11) is -1.20. The van der Waals surface area contributed by atoms with Crippen LogP contribution < -0.4 is 4.90 Å². The highest BCUT2D eigenvalue weighted by Crippen LogP contribution is 2.27. The summed E-state index contributed by atoms with van der Waals surface area (Å²) in [6.45, 7) is 8.25. The molecule has 0 aliphatic carbocycles. The number of carbonyl (C=O) groups excluding carboxylic acids is 1. The van der Waals surface area contributed by atoms with Crippen LogP contribution in [0, 0.1) is 17.6 Å². The van der Waals surface area contributed by atoms with Crippen molar-refractivity contribution in [1.82, 2.24) is 14.8 Å². The first-order valence-electron chi connectivity index (χ1n) is 10.1. The van der Waals surface area contributed by atoms with Gasteiger partial charge in [-0.15, -0.1) is 19.2 Å². The van der Waals surface area contributed by atoms with Crippen molar-refractivity contribution in [2.24, 2.45) is 5.92 Å². The van der Waals surface area contributed by atoms with Crippen LogP contribution in [0.4, 0.5) is 14.7 Å². The van der Waals surface area contributed by atoms with Gasteiger partial charge in [-0.05, 0) is 52.9 Å². The molecule has 30 heavy (non-hydrogen) atoms. The van der Waals surface area contributed by atoms with Crippen LogP contribution in [0.15, 0.2) is 22.9 Å². The molecule has 6 nitrogen and oxygen atoms in total. The van der Waals surface area contributed by atoms with E-state index < -0.39 is 19.7 Å². The number of anilines is 1. The minimum absolute atomic E-state index is 0.0887. The van der Waals surface area contributed by atoms with Crippen molar-refractivity contribution in [1.29, 1.82) is 0 Å². The number of ether oxygens (including phenoxy) is 1. The van der Waals surface area contributed by atoms with Gasteiger partial charge in [0.1, 0.15) is 6.73 Å². The maximum atomic E-state index is 13.5. The van der Waals surface area contributed by atoms with Gasteiger partial charge in [0.05, 0.1) is 0 Å². The molecule has 1 amide bonds. The van der Waals surface area contributed by atoms with Crippen molar-refractivity contribution in [3.05, 3.63) is 40.1 Å². The van der Waals surface area contributed by atoms with Gasteiger partial charge in [0.15, 0.2) is 11.6 Å². The highest BCUT2D eigenvalue weighted by atomic mass is 79.9. The Morgan fingerprint density at radius 1 is 1.27 bits per heavy atom. The van der Waals surface area contributed by atoms with Crippen molar-refractivity contribution in [2.75, 3.05) is 18.1 Å². The van der Waals surface area contributed by atoms with E-state index in [2.05, 4.69) is 45.7 Å². The molecule has 0 N–H and O–H groups in total. The van der Waals surface area contributed by atoms with Crippen molar-refractivity contribution in [3.63, 3.8) is 0 Å². The fraction of sp³-hybridized carbons (Fsp3) is 0.550. The third-order valence-electron chi connectivity index (χ3n) is 5.09. The lowest BCUT2D eigenvalue weighted by atomic mass is 9.90. The van der Waals surface area contributed by atoms with Gasteiger partial charge in [0.25, 0.3) is 0 Å². The second kappa shape index (κ2) is 9.65. The minimum atomic E-state index is -1.20. The summed E-state index contributed by atoms with van der Waals surface area (Å²) in [5, 5.41) is 4.31. The van der Waals surface area contributed by atoms with E-state index in [1.807, 2.05) is 0 Å². The zero-order valence-electron chi connectivity index (χ0n) is 17.5. The van der Waals surface area contributed by atoms with Crippen molar-refractivity contribution in [2.45, 2.75) is 51.7 Å². The zero-order valence-corrected chi connectivity index (χ0v) is 20.1. The molecule has 1 unspecified atom stereocenters. The fourth-order valence-electron chi connectivity index (χ4n) is 3.41. The predicted molar refractivity (Wildman–Crippen MR) is 117 cm³/mol. The molecule has 3 rings (SSSR count). The average molecular weight is 501 g/mol. The Kier molecular flexibility index (Phi) is 7.41. The van der Waals surface area contributed by atoms with Crippen LogP contribution in [-0.2, 0) is 22.7 Å². The maximum Gasteiger partial charge on any atom is 0.233 e. The number of hydrogen-bond donors (Lipinski definition) is 0. The van der Waals surface area contributed by atoms with Gasteiger partial charge in [0, 0.05) is 19.1 Å². The van der Waals surface area contributed by atoms with Crippen LogP contribution in [0.25, 0.3) is 0 Å². The summed E-state index contributed by atoms with van der Waals surface area (Å²) in [4.78, 5) is 19.1. The third kappa shape index (κ3) is 5.95. The highest BCUT2D eigenvalue weighted by molar-refractivity contribution is 9.10. The molecule has 1 aliphatic rings. The molecule has 1 atom stereocenters. The number of rotatable bonds is 8. The number of benzene rings is 1. The van der Waals surface area contributed by atoms with Crippen LogP contribution >= 0.6 is 15.9 Å². The lowest BCUT2D eigenvalue weighted by Gasteiger charge is -2.31. The molecular formula is C20H27BrF2N4O2Si-. The van der Waals surface area contributed by atoms with Crippen LogP contribution in [-0.4, -0.2) is 41.9 Å². The first-order valence-corrected chi connectivity index (χ1v) is 14.6. The van der Waals surface area contributed by atoms with E-state index in [9.17, 15) is 13.6 Å². The van der Waals surface area contributed by atoms with Crippen molar-refractivity contribution in [3.8, 4) is 0 Å². The quantitative estimate of drug-likeness (QED) is 0.392. The molecule has 2 heterocycles. The number of halogens is 3. The number of amides is 1. The van der Waals surface area contributed by atoms with Crippen molar-refractivity contribution >= 4 is 35.9 Å². The van der Waals surface area contributed by atoms with Crippen LogP contribution in [0.3, 0.4) is 0 Å². The standard InChI is InChI=1S/C20H27BrF2N4O2Si/c1-30(2,3)10-9-29-13-27-20(24-19(21)25-27)26-8-4-5-15(18(26)28)11-14-6-7-16(22)17(23)12-14/h6-7,12,15H,4-5,8-11,13H2,1-3H3/q-1. The van der Waals surface area contributed by atoms with Crippen LogP contribution in [0.1, 0.15) is 18.4 Å². The summed E-state index contributed by atoms with van der Waals surface area (Å²) >= 11 is 3.29. The first-order chi connectivity index (χ1) is 14.1. The van der Waals surface area contributed by atoms with Gasteiger partial charge in [-0.2, -0.15) is 24.6 Å². The van der Waals surface area contributed by atoms with E-state index >= 15 is 0 Å². The zero-order chi connectivity index (χ0) is 21.9. The molecule has 1 aliphatic heterocycles. The van der Waals surface area contributed by atoms with Crippen LogP contribution in [0.5, 0.6) is 0 Å². The summed E-state index contributed by atoms with van der Waals surface area (Å²) in [6, 6.07) is 4.82. The van der Waals surface area contributed by atoms with Gasteiger partial charge in [-0.1, -0.05) is 6.07 Å². The lowest BCUT2D eigenvalue weighted by Crippen LogP contribution is -2.43. The molecule has 0 bridgehead atoms. The topological polar surface area (TPSA) is 60.2 Å². The Balaban J connectivity index is 1.69. The number of piperidine rings is 1. The summed E-state index contributed by atoms with van der Waals surface area (Å²) in [6.07, 6.45) is 1.84. The van der Waals surface area contributed by atoms with E-state index in [0.717, 1.165) is 24.6 Å². The van der Waals surface area contributed by atoms with Gasteiger partial charge in [-0.3, -0.25) is 9.69 Å². The first kappa shape index (κ1) is 23.0. The highest BCUT2D eigenvalue weighted by Gasteiger charge is 2.33. The summed E-state index contributed by atoms with van der Waals surface area (Å²) in [5.74, 6) is -1.75. The second-order valence-electron chi connectivity index (χ2n) is 8.81. The Bertz CT molecular complexity index is 903. The molecule has 2 aromatic rings. The minimum Gasteiger partial charge on any atom is -0.362 e. The predicted octanol–water partition coefficient (Wildman–Crippen LogP) is 4.62. The van der Waals surface area contributed by atoms with E-state index in [1.165, 1.54) is 6.07 Å². The fourth-order valence-corrected chi connectivity index (χ4v) is 4.52. The monoisotopic (exact) mass is 500 g/mol. The van der Waals surface area contributed by atoms with Crippen molar-refractivity contribution < 1.29 is 18.3 Å². The SMILES string of the molecule is C[Si-](C)(C)CCOCn1nc(Br)nc1N1CCCC(Cc2ccc(F)c(F)c2)C1=O. The largest absolute Gasteiger partial charge is 0.362 e. The third-order valence-corrected chi connectivity index (χ3v) is 7.13. The van der Waals surface area contributed by atoms with E-state index in [-0.39, 0.29) is 18.6 Å². The molecule has 0 spiro atoms. The number of nitrogens with zero attached hydrogens (tertiary/aromatic N) is 4. The van der Waals surface area contributed by atoms with E-state index in [0.29, 0.717) is 42.2 Å². The van der Waals surface area contributed by atoms with Gasteiger partial charge >= 0.3 is 0 Å². The van der Waals surface area contributed by atoms with E-state index in [4.69, 9.17) is 4.74 Å². The molecule has 1 saturated heterocycles. The Morgan fingerprint density at radius 3 is 2.73 bits per heavy atom. The molecule has 0 saturated carbocycles. The maximum absolute atomic E-state index is 13.5. The van der Waals surface area contributed by atoms with Gasteiger partial charge in [-0.25, -0.2) is 13.5 Å². The summed E-state index contributed by atoms with van der Waals surface area (Å²) in [5.41, 5.74) is 0.603. The molecule has 0 radical (unpaired) electrons. The molecular weight excluding hydrogens is 474 g/mol. The second-order valence-corrected chi connectivity index (χ2v) is 15.1. The summed E-state index contributed by atoms with van der Waals surface area (Å²) < 4.78 is 34.5. The Hall–Kier alpha value is -1.65. The number of carbonyl (C=O) groups is 1. The normalized spacial score (nSPS) is 17.6. The van der Waals surface area contributed by atoms with Crippen LogP contribution in [0.2, 0.25) is 25.7 Å². The Morgan fingerprint density at radius 2 is 2.03 bits per heavy atom. The Labute approximate surface area is 184 Å². The molecule has 1 aromatic heterocycles. The van der Waals surface area contributed by atoms with Gasteiger partial charge < -0.3 is 4.74 Å². The lowest BCUT2D eigenvalue weighted by molar-refractivity contribution is -0.123. The molecule has 1 aromatic carbocycles. The number of hydrogen-bond acceptors (Lipinski definition) is 4.